The van der Waals surface area contributed by atoms with Crippen LogP contribution in [-0.4, -0.2) is 27.6 Å². The molecule has 0 aliphatic carbocycles. The number of carbonyl (C=O) groups excluding carboxylic acids is 1. The van der Waals surface area contributed by atoms with E-state index >= 15 is 0 Å². The normalized spacial score (nSPS) is 18.2. The molecule has 8 nitrogen and oxygen atoms in total. The van der Waals surface area contributed by atoms with Crippen LogP contribution >= 0.6 is 12.6 Å². The Morgan fingerprint density at radius 1 is 1.27 bits per heavy atom. The van der Waals surface area contributed by atoms with Gasteiger partial charge in [0.2, 0.25) is 0 Å². The summed E-state index contributed by atoms with van der Waals surface area (Å²) in [5.41, 5.74) is 4.75. The molecular weight excluding hydrogens is 440 g/mol. The van der Waals surface area contributed by atoms with Gasteiger partial charge in [0.05, 0.1) is 11.3 Å². The number of aromatic nitrogens is 3. The largest absolute Gasteiger partial charge is 0.463 e. The fourth-order valence-corrected chi connectivity index (χ4v) is 5.29. The molecule has 0 radical (unpaired) electrons. The number of aromatic amines is 1. The molecule has 0 saturated heterocycles. The molecule has 2 aliphatic rings. The van der Waals surface area contributed by atoms with Crippen molar-refractivity contribution in [3.8, 4) is 0 Å². The van der Waals surface area contributed by atoms with E-state index in [1.54, 1.807) is 6.08 Å². The zero-order chi connectivity index (χ0) is 23.3. The second-order valence-electron chi connectivity index (χ2n) is 8.84. The third-order valence-corrected chi connectivity index (χ3v) is 6.94. The lowest BCUT2D eigenvalue weighted by Gasteiger charge is -2.30. The molecule has 5 rings (SSSR count). The standard InChI is InChI=1S/C24H24N4O4S/c1-24(2)17-7-3-5-14-6-4-10-27(20(14)17)19(24)9-8-15-22(30)25-21-16(11-32-13-29)18(12-33)26-28(21)23(15)31/h3,5,7-9,13,33H,4,6,10-12H2,1-2H3,(H,25,30)/b15-8-,19-9+. The number of H-pyrrole nitrogens is 1. The van der Waals surface area contributed by atoms with Crippen molar-refractivity contribution < 1.29 is 9.53 Å². The number of carbonyl (C=O) groups is 1. The molecule has 2 aliphatic heterocycles. The highest BCUT2D eigenvalue weighted by Crippen LogP contribution is 2.50. The van der Waals surface area contributed by atoms with Gasteiger partial charge >= 0.3 is 0 Å². The van der Waals surface area contributed by atoms with Crippen LogP contribution in [0.1, 0.15) is 42.7 Å². The first kappa shape index (κ1) is 21.5. The van der Waals surface area contributed by atoms with E-state index in [0.717, 1.165) is 29.6 Å². The highest BCUT2D eigenvalue weighted by Gasteiger charge is 2.41. The number of nitrogens with one attached hydrogen (secondary N) is 1. The van der Waals surface area contributed by atoms with Crippen molar-refractivity contribution in [1.29, 1.82) is 0 Å². The maximum atomic E-state index is 13.2. The molecule has 0 saturated carbocycles. The van der Waals surface area contributed by atoms with Gasteiger partial charge in [-0.2, -0.15) is 22.2 Å². The Hall–Kier alpha value is -3.33. The van der Waals surface area contributed by atoms with Gasteiger partial charge in [-0.3, -0.25) is 14.4 Å². The van der Waals surface area contributed by atoms with Gasteiger partial charge in [0.25, 0.3) is 17.6 Å². The van der Waals surface area contributed by atoms with Gasteiger partial charge in [0, 0.05) is 29.1 Å². The number of anilines is 1. The van der Waals surface area contributed by atoms with E-state index < -0.39 is 11.1 Å². The molecule has 0 spiro atoms. The van der Waals surface area contributed by atoms with Crippen molar-refractivity contribution >= 4 is 36.5 Å². The molecule has 0 amide bonds. The fraction of sp³-hybridized carbons (Fsp3) is 0.333. The summed E-state index contributed by atoms with van der Waals surface area (Å²) in [7, 11) is 0. The number of fused-ring (bicyclic) bond motifs is 1. The van der Waals surface area contributed by atoms with Crippen LogP contribution < -0.4 is 21.2 Å². The lowest BCUT2D eigenvalue weighted by atomic mass is 9.83. The maximum Gasteiger partial charge on any atom is 0.293 e. The van der Waals surface area contributed by atoms with Crippen LogP contribution in [0, 0.1) is 0 Å². The zero-order valence-electron chi connectivity index (χ0n) is 18.4. The van der Waals surface area contributed by atoms with Crippen molar-refractivity contribution in [3.63, 3.8) is 0 Å². The molecule has 0 unspecified atom stereocenters. The highest BCUT2D eigenvalue weighted by molar-refractivity contribution is 7.79. The molecule has 1 N–H and O–H groups in total. The van der Waals surface area contributed by atoms with E-state index in [1.807, 2.05) is 6.08 Å². The van der Waals surface area contributed by atoms with Crippen molar-refractivity contribution in [1.82, 2.24) is 14.6 Å². The number of rotatable bonds is 5. The summed E-state index contributed by atoms with van der Waals surface area (Å²) < 4.78 is 5.98. The number of thiol groups is 1. The van der Waals surface area contributed by atoms with Crippen molar-refractivity contribution in [2.75, 3.05) is 11.4 Å². The number of ether oxygens (including phenoxy) is 1. The van der Waals surface area contributed by atoms with Crippen LogP contribution in [0.25, 0.3) is 11.7 Å². The third kappa shape index (κ3) is 3.21. The van der Waals surface area contributed by atoms with Crippen molar-refractivity contribution in [2.24, 2.45) is 0 Å². The minimum Gasteiger partial charge on any atom is -0.463 e. The first-order valence-electron chi connectivity index (χ1n) is 10.8. The zero-order valence-corrected chi connectivity index (χ0v) is 19.3. The molecular formula is C24H24N4O4S. The van der Waals surface area contributed by atoms with Crippen LogP contribution in [0.5, 0.6) is 0 Å². The van der Waals surface area contributed by atoms with Crippen LogP contribution in [0.2, 0.25) is 0 Å². The predicted molar refractivity (Wildman–Crippen MR) is 129 cm³/mol. The lowest BCUT2D eigenvalue weighted by molar-refractivity contribution is -0.129. The SMILES string of the molecule is CC1(C)/C(=C\C=c2\c(=O)[nH]c3c(COC=O)c(CS)nn3c2=O)N2CCCc3cccc1c32. The number of para-hydroxylation sites is 1. The van der Waals surface area contributed by atoms with Gasteiger partial charge in [-0.05, 0) is 36.1 Å². The van der Waals surface area contributed by atoms with Crippen LogP contribution in [0.4, 0.5) is 5.69 Å². The van der Waals surface area contributed by atoms with E-state index in [-0.39, 0.29) is 28.6 Å². The Balaban J connectivity index is 1.68. The molecule has 9 heteroatoms. The molecule has 2 aromatic heterocycles. The summed E-state index contributed by atoms with van der Waals surface area (Å²) in [5, 5.41) is 4.28. The Kier molecular flexibility index (Phi) is 5.16. The van der Waals surface area contributed by atoms with Crippen LogP contribution in [-0.2, 0) is 33.7 Å². The van der Waals surface area contributed by atoms with E-state index in [2.05, 4.69) is 59.7 Å². The minimum atomic E-state index is -0.529. The van der Waals surface area contributed by atoms with Crippen LogP contribution in [0.3, 0.4) is 0 Å². The first-order chi connectivity index (χ1) is 15.9. The number of nitrogens with zero attached hydrogens (tertiary/aromatic N) is 3. The fourth-order valence-electron chi connectivity index (χ4n) is 5.03. The number of allylic oxidation sites excluding steroid dienone is 2. The van der Waals surface area contributed by atoms with Gasteiger partial charge in [-0.25, -0.2) is 0 Å². The van der Waals surface area contributed by atoms with Gasteiger partial charge < -0.3 is 14.6 Å². The topological polar surface area (TPSA) is 96.8 Å². The number of benzene rings is 1. The van der Waals surface area contributed by atoms with Gasteiger partial charge in [-0.15, -0.1) is 0 Å². The number of hydrogen-bond acceptors (Lipinski definition) is 7. The first-order valence-corrected chi connectivity index (χ1v) is 11.5. The summed E-state index contributed by atoms with van der Waals surface area (Å²) in [5.74, 6) is 0.230. The average molecular weight is 465 g/mol. The van der Waals surface area contributed by atoms with Crippen LogP contribution in [0.15, 0.2) is 39.6 Å². The summed E-state index contributed by atoms with van der Waals surface area (Å²) >= 11 is 4.24. The van der Waals surface area contributed by atoms with Gasteiger partial charge in [0.1, 0.15) is 17.5 Å². The third-order valence-electron chi connectivity index (χ3n) is 6.64. The molecule has 0 fully saturated rings. The van der Waals surface area contributed by atoms with Gasteiger partial charge in [-0.1, -0.05) is 32.0 Å². The van der Waals surface area contributed by atoms with Gasteiger partial charge in [0.15, 0.2) is 0 Å². The second kappa shape index (κ2) is 7.91. The lowest BCUT2D eigenvalue weighted by Crippen LogP contribution is -2.44. The predicted octanol–water partition coefficient (Wildman–Crippen LogP) is 1.61. The maximum absolute atomic E-state index is 13.2. The number of aryl methyl sites for hydroxylation is 1. The monoisotopic (exact) mass is 464 g/mol. The number of hydrogen-bond donors (Lipinski definition) is 2. The summed E-state index contributed by atoms with van der Waals surface area (Å²) in [6.07, 6.45) is 5.57. The Bertz CT molecular complexity index is 1480. The molecule has 4 heterocycles. The molecule has 0 atom stereocenters. The summed E-state index contributed by atoms with van der Waals surface area (Å²) in [4.78, 5) is 41.7. The van der Waals surface area contributed by atoms with Crippen molar-refractivity contribution in [3.05, 3.63) is 78.3 Å². The average Bonchev–Trinajstić information content (AvgIpc) is 3.26. The molecule has 33 heavy (non-hydrogen) atoms. The van der Waals surface area contributed by atoms with E-state index in [1.165, 1.54) is 16.8 Å². The molecule has 3 aromatic rings. The van der Waals surface area contributed by atoms with Crippen molar-refractivity contribution in [2.45, 2.75) is 44.5 Å². The quantitative estimate of drug-likeness (QED) is 0.440. The Labute approximate surface area is 195 Å². The molecule has 1 aromatic carbocycles. The van der Waals surface area contributed by atoms with E-state index in [4.69, 9.17) is 4.74 Å². The second-order valence-corrected chi connectivity index (χ2v) is 9.15. The summed E-state index contributed by atoms with van der Waals surface area (Å²) in [6, 6.07) is 6.43. The van der Waals surface area contributed by atoms with E-state index in [0.29, 0.717) is 17.7 Å². The summed E-state index contributed by atoms with van der Waals surface area (Å²) in [6.45, 7) is 5.44. The minimum absolute atomic E-state index is 0.00457. The van der Waals surface area contributed by atoms with E-state index in [9.17, 15) is 14.4 Å². The molecule has 0 bridgehead atoms. The molecule has 170 valence electrons. The smallest absolute Gasteiger partial charge is 0.293 e. The highest BCUT2D eigenvalue weighted by atomic mass is 32.1. The Morgan fingerprint density at radius 3 is 2.85 bits per heavy atom. The Morgan fingerprint density at radius 2 is 2.09 bits per heavy atom.